The molecular weight excluding hydrogens is 427 g/mol. The highest BCUT2D eigenvalue weighted by Crippen LogP contribution is 2.33. The molecule has 0 bridgehead atoms. The van der Waals surface area contributed by atoms with Gasteiger partial charge in [0.2, 0.25) is 15.9 Å². The van der Waals surface area contributed by atoms with Crippen molar-refractivity contribution in [3.8, 4) is 0 Å². The quantitative estimate of drug-likeness (QED) is 0.703. The Morgan fingerprint density at radius 1 is 1.19 bits per heavy atom. The maximum absolute atomic E-state index is 13.5. The highest BCUT2D eigenvalue weighted by molar-refractivity contribution is 7.89. The van der Waals surface area contributed by atoms with E-state index >= 15 is 0 Å². The Morgan fingerprint density at radius 2 is 1.97 bits per heavy atom. The zero-order chi connectivity index (χ0) is 22.0. The van der Waals surface area contributed by atoms with Crippen LogP contribution in [-0.4, -0.2) is 50.9 Å². The van der Waals surface area contributed by atoms with Crippen LogP contribution in [0.15, 0.2) is 47.4 Å². The van der Waals surface area contributed by atoms with E-state index in [0.717, 1.165) is 6.07 Å². The third-order valence-corrected chi connectivity index (χ3v) is 7.12. The van der Waals surface area contributed by atoms with Crippen LogP contribution in [0.5, 0.6) is 0 Å². The van der Waals surface area contributed by atoms with Crippen molar-refractivity contribution < 1.29 is 31.9 Å². The number of fused-ring (bicyclic) bond motifs is 1. The summed E-state index contributed by atoms with van der Waals surface area (Å²) in [5.41, 5.74) is 1.23. The minimum absolute atomic E-state index is 0.108. The number of ether oxygens (including phenoxy) is 2. The van der Waals surface area contributed by atoms with Crippen LogP contribution in [0.25, 0.3) is 0 Å². The van der Waals surface area contributed by atoms with Gasteiger partial charge in [-0.1, -0.05) is 18.2 Å². The predicted molar refractivity (Wildman–Crippen MR) is 108 cm³/mol. The average molecular weight is 448 g/mol. The van der Waals surface area contributed by atoms with E-state index in [4.69, 9.17) is 9.47 Å². The summed E-state index contributed by atoms with van der Waals surface area (Å²) in [6, 6.07) is 10.0. The van der Waals surface area contributed by atoms with E-state index in [1.807, 2.05) is 0 Å². The molecule has 2 aromatic rings. The summed E-state index contributed by atoms with van der Waals surface area (Å²) in [5, 5.41) is 2.55. The number of amides is 1. The molecule has 1 N–H and O–H groups in total. The highest BCUT2D eigenvalue weighted by atomic mass is 32.2. The first-order chi connectivity index (χ1) is 14.8. The molecule has 2 aromatic carbocycles. The van der Waals surface area contributed by atoms with E-state index in [-0.39, 0.29) is 36.7 Å². The van der Waals surface area contributed by atoms with E-state index in [2.05, 4.69) is 5.32 Å². The van der Waals surface area contributed by atoms with Gasteiger partial charge < -0.3 is 14.8 Å². The van der Waals surface area contributed by atoms with Crippen LogP contribution in [0.2, 0.25) is 0 Å². The Labute approximate surface area is 179 Å². The van der Waals surface area contributed by atoms with E-state index in [9.17, 15) is 22.4 Å². The molecule has 10 heteroatoms. The van der Waals surface area contributed by atoms with Crippen molar-refractivity contribution in [2.75, 3.05) is 31.6 Å². The molecule has 4 rings (SSSR count). The number of rotatable bonds is 5. The molecule has 0 aromatic heterocycles. The van der Waals surface area contributed by atoms with E-state index in [0.29, 0.717) is 24.3 Å². The number of carbonyl (C=O) groups excluding carboxylic acids is 2. The van der Waals surface area contributed by atoms with Crippen molar-refractivity contribution in [3.63, 3.8) is 0 Å². The second-order valence-electron chi connectivity index (χ2n) is 7.31. The van der Waals surface area contributed by atoms with Crippen molar-refractivity contribution in [1.29, 1.82) is 0 Å². The largest absolute Gasteiger partial charge is 0.460 e. The Morgan fingerprint density at radius 3 is 2.74 bits per heavy atom. The predicted octanol–water partition coefficient (Wildman–Crippen LogP) is 2.02. The lowest BCUT2D eigenvalue weighted by Crippen LogP contribution is -2.40. The number of halogens is 1. The van der Waals surface area contributed by atoms with Crippen LogP contribution in [0, 0.1) is 5.82 Å². The Balaban J connectivity index is 1.47. The molecule has 2 aliphatic heterocycles. The van der Waals surface area contributed by atoms with Crippen molar-refractivity contribution in [3.05, 3.63) is 59.4 Å². The molecule has 0 aliphatic carbocycles. The number of nitrogens with one attached hydrogen (secondary N) is 1. The number of hydrogen-bond acceptors (Lipinski definition) is 6. The van der Waals surface area contributed by atoms with Crippen LogP contribution in [0.1, 0.15) is 23.5 Å². The molecule has 0 radical (unpaired) electrons. The Kier molecular flexibility index (Phi) is 6.03. The number of esters is 1. The summed E-state index contributed by atoms with van der Waals surface area (Å²) in [5.74, 6) is -2.42. The SMILES string of the molecule is O=C1C[C@@H](C(=O)OCc2cccc(S(=O)(=O)N3CCOCC3)c2)c2ccc(F)cc2N1. The standard InChI is InChI=1S/C21H21FN2O6S/c22-15-4-5-17-18(12-20(25)23-19(17)11-15)21(26)30-13-14-2-1-3-16(10-14)31(27,28)24-6-8-29-9-7-24/h1-5,10-11,18H,6-9,12-13H2,(H,23,25)/t18-/m1/s1. The fourth-order valence-corrected chi connectivity index (χ4v) is 5.11. The fourth-order valence-electron chi connectivity index (χ4n) is 3.63. The summed E-state index contributed by atoms with van der Waals surface area (Å²) < 4.78 is 51.0. The topological polar surface area (TPSA) is 102 Å². The minimum Gasteiger partial charge on any atom is -0.460 e. The number of morpholine rings is 1. The normalized spacial score (nSPS) is 19.4. The Bertz CT molecular complexity index is 1110. The van der Waals surface area contributed by atoms with Crippen LogP contribution in [0.3, 0.4) is 0 Å². The molecule has 0 unspecified atom stereocenters. The number of hydrogen-bond donors (Lipinski definition) is 1. The summed E-state index contributed by atoms with van der Waals surface area (Å²) >= 11 is 0. The third-order valence-electron chi connectivity index (χ3n) is 5.23. The zero-order valence-corrected chi connectivity index (χ0v) is 17.4. The van der Waals surface area contributed by atoms with Gasteiger partial charge in [-0.25, -0.2) is 12.8 Å². The fraction of sp³-hybridized carbons (Fsp3) is 0.333. The van der Waals surface area contributed by atoms with Gasteiger partial charge in [-0.05, 0) is 35.4 Å². The van der Waals surface area contributed by atoms with Gasteiger partial charge in [0.1, 0.15) is 12.4 Å². The molecule has 1 saturated heterocycles. The van der Waals surface area contributed by atoms with E-state index in [1.165, 1.54) is 28.6 Å². The van der Waals surface area contributed by atoms with Gasteiger partial charge in [-0.2, -0.15) is 4.31 Å². The van der Waals surface area contributed by atoms with Crippen LogP contribution < -0.4 is 5.32 Å². The number of sulfonamides is 1. The second-order valence-corrected chi connectivity index (χ2v) is 9.25. The van der Waals surface area contributed by atoms with E-state index < -0.39 is 33.6 Å². The summed E-state index contributed by atoms with van der Waals surface area (Å²) in [6.07, 6.45) is -0.108. The van der Waals surface area contributed by atoms with E-state index in [1.54, 1.807) is 12.1 Å². The lowest BCUT2D eigenvalue weighted by atomic mass is 9.90. The smallest absolute Gasteiger partial charge is 0.314 e. The third kappa shape index (κ3) is 4.60. The molecule has 2 aliphatic rings. The maximum atomic E-state index is 13.5. The summed E-state index contributed by atoms with van der Waals surface area (Å²) in [4.78, 5) is 24.7. The highest BCUT2D eigenvalue weighted by Gasteiger charge is 2.32. The average Bonchev–Trinajstić information content (AvgIpc) is 2.77. The molecule has 31 heavy (non-hydrogen) atoms. The minimum atomic E-state index is -3.67. The van der Waals surface area contributed by atoms with Gasteiger partial charge in [0, 0.05) is 25.2 Å². The lowest BCUT2D eigenvalue weighted by molar-refractivity contribution is -0.148. The van der Waals surface area contributed by atoms with Crippen molar-refractivity contribution in [2.24, 2.45) is 0 Å². The number of anilines is 1. The van der Waals surface area contributed by atoms with Gasteiger partial charge in [0.05, 0.1) is 24.0 Å². The first-order valence-electron chi connectivity index (χ1n) is 9.77. The molecule has 0 saturated carbocycles. The van der Waals surface area contributed by atoms with Crippen molar-refractivity contribution >= 4 is 27.6 Å². The van der Waals surface area contributed by atoms with Gasteiger partial charge in [0.25, 0.3) is 0 Å². The first kappa shape index (κ1) is 21.4. The number of carbonyl (C=O) groups is 2. The number of benzene rings is 2. The van der Waals surface area contributed by atoms with Crippen LogP contribution in [-0.2, 0) is 35.7 Å². The maximum Gasteiger partial charge on any atom is 0.314 e. The molecule has 164 valence electrons. The van der Waals surface area contributed by atoms with Gasteiger partial charge in [-0.15, -0.1) is 0 Å². The molecule has 1 fully saturated rings. The summed E-state index contributed by atoms with van der Waals surface area (Å²) in [6.45, 7) is 1.10. The molecule has 8 nitrogen and oxygen atoms in total. The van der Waals surface area contributed by atoms with Crippen molar-refractivity contribution in [2.45, 2.75) is 23.8 Å². The first-order valence-corrected chi connectivity index (χ1v) is 11.2. The second kappa shape index (κ2) is 8.74. The molecule has 2 heterocycles. The monoisotopic (exact) mass is 448 g/mol. The van der Waals surface area contributed by atoms with Gasteiger partial charge in [0.15, 0.2) is 0 Å². The van der Waals surface area contributed by atoms with Crippen LogP contribution in [0.4, 0.5) is 10.1 Å². The molecule has 0 spiro atoms. The molecule has 1 atom stereocenters. The number of nitrogens with zero attached hydrogens (tertiary/aromatic N) is 1. The molecule has 1 amide bonds. The Hall–Kier alpha value is -2.82. The van der Waals surface area contributed by atoms with Gasteiger partial charge >= 0.3 is 5.97 Å². The van der Waals surface area contributed by atoms with Crippen molar-refractivity contribution in [1.82, 2.24) is 4.31 Å². The summed E-state index contributed by atoms with van der Waals surface area (Å²) in [7, 11) is -3.67. The molecular formula is C21H21FN2O6S. The zero-order valence-electron chi connectivity index (χ0n) is 16.5. The lowest BCUT2D eigenvalue weighted by Gasteiger charge is -2.26. The van der Waals surface area contributed by atoms with Gasteiger partial charge in [-0.3, -0.25) is 9.59 Å². The van der Waals surface area contributed by atoms with Crippen LogP contribution >= 0.6 is 0 Å².